The Balaban J connectivity index is 1.83. The highest BCUT2D eigenvalue weighted by molar-refractivity contribution is 6.74. The first kappa shape index (κ1) is 19.2. The highest BCUT2D eigenvalue weighted by Crippen LogP contribution is 2.37. The molecular formula is C19H32N2O2Si. The third-order valence-electron chi connectivity index (χ3n) is 5.21. The van der Waals surface area contributed by atoms with Crippen LogP contribution in [0.1, 0.15) is 39.2 Å². The van der Waals surface area contributed by atoms with Gasteiger partial charge in [0.15, 0.2) is 8.32 Å². The third kappa shape index (κ3) is 5.43. The molecule has 1 saturated heterocycles. The molecule has 0 spiro atoms. The Morgan fingerprint density at radius 1 is 1.17 bits per heavy atom. The molecule has 24 heavy (non-hydrogen) atoms. The molecule has 2 rings (SSSR count). The first-order valence-corrected chi connectivity index (χ1v) is 11.8. The topological polar surface area (TPSA) is 41.6 Å². The molecule has 4 nitrogen and oxygen atoms in total. The van der Waals surface area contributed by atoms with Crippen LogP contribution in [0, 0.1) is 0 Å². The van der Waals surface area contributed by atoms with Crippen LogP contribution in [0.5, 0.6) is 0 Å². The van der Waals surface area contributed by atoms with E-state index >= 15 is 0 Å². The molecule has 1 aliphatic rings. The zero-order valence-corrected chi connectivity index (χ0v) is 16.8. The van der Waals surface area contributed by atoms with Gasteiger partial charge >= 0.3 is 0 Å². The van der Waals surface area contributed by atoms with Crippen LogP contribution in [0.2, 0.25) is 18.1 Å². The predicted octanol–water partition coefficient (Wildman–Crippen LogP) is 4.24. The van der Waals surface area contributed by atoms with Crippen LogP contribution in [-0.2, 0) is 15.8 Å². The minimum Gasteiger partial charge on any atom is -0.413 e. The monoisotopic (exact) mass is 348 g/mol. The number of carbonyl (C=O) groups is 1. The van der Waals surface area contributed by atoms with Crippen LogP contribution in [0.25, 0.3) is 0 Å². The summed E-state index contributed by atoms with van der Waals surface area (Å²) in [7, 11) is -1.72. The van der Waals surface area contributed by atoms with E-state index in [9.17, 15) is 4.79 Å². The first-order chi connectivity index (χ1) is 11.2. The predicted molar refractivity (Wildman–Crippen MR) is 103 cm³/mol. The van der Waals surface area contributed by atoms with Crippen molar-refractivity contribution in [3.63, 3.8) is 0 Å². The Labute approximate surface area is 147 Å². The molecule has 1 amide bonds. The van der Waals surface area contributed by atoms with E-state index in [-0.39, 0.29) is 10.9 Å². The molecule has 0 bridgehead atoms. The van der Waals surface area contributed by atoms with E-state index in [1.54, 1.807) is 0 Å². The SMILES string of the molecule is CC(C)(C)[Si](C)(C)OCc1ccc(NC(=O)CN2CCCC2)cc1. The van der Waals surface area contributed by atoms with E-state index in [1.807, 2.05) is 24.3 Å². The molecule has 1 aromatic carbocycles. The van der Waals surface area contributed by atoms with Crippen molar-refractivity contribution in [2.24, 2.45) is 0 Å². The second kappa shape index (κ2) is 7.81. The van der Waals surface area contributed by atoms with Gasteiger partial charge < -0.3 is 9.74 Å². The van der Waals surface area contributed by atoms with Gasteiger partial charge in [0, 0.05) is 5.69 Å². The minimum atomic E-state index is -1.72. The summed E-state index contributed by atoms with van der Waals surface area (Å²) in [4.78, 5) is 14.3. The number of rotatable bonds is 6. The average Bonchev–Trinajstić information content (AvgIpc) is 2.98. The van der Waals surface area contributed by atoms with E-state index in [0.717, 1.165) is 24.3 Å². The summed E-state index contributed by atoms with van der Waals surface area (Å²) < 4.78 is 6.23. The van der Waals surface area contributed by atoms with Gasteiger partial charge in [-0.1, -0.05) is 32.9 Å². The van der Waals surface area contributed by atoms with Crippen LogP contribution < -0.4 is 5.32 Å². The van der Waals surface area contributed by atoms with E-state index < -0.39 is 8.32 Å². The molecule has 1 heterocycles. The van der Waals surface area contributed by atoms with E-state index in [4.69, 9.17) is 4.43 Å². The van der Waals surface area contributed by atoms with Gasteiger partial charge in [-0.15, -0.1) is 0 Å². The van der Waals surface area contributed by atoms with Crippen molar-refractivity contribution in [2.75, 3.05) is 25.0 Å². The van der Waals surface area contributed by atoms with Gasteiger partial charge in [-0.3, -0.25) is 9.69 Å². The van der Waals surface area contributed by atoms with Gasteiger partial charge in [0.1, 0.15) is 0 Å². The maximum absolute atomic E-state index is 12.0. The van der Waals surface area contributed by atoms with E-state index in [1.165, 1.54) is 12.8 Å². The molecule has 1 aromatic rings. The molecular weight excluding hydrogens is 316 g/mol. The average molecular weight is 349 g/mol. The number of hydrogen-bond donors (Lipinski definition) is 1. The van der Waals surface area contributed by atoms with Crippen molar-refractivity contribution >= 4 is 19.9 Å². The quantitative estimate of drug-likeness (QED) is 0.782. The summed E-state index contributed by atoms with van der Waals surface area (Å²) in [5.41, 5.74) is 2.01. The van der Waals surface area contributed by atoms with Gasteiger partial charge in [0.25, 0.3) is 0 Å². The Bertz CT molecular complexity index is 543. The highest BCUT2D eigenvalue weighted by Gasteiger charge is 2.36. The van der Waals surface area contributed by atoms with Gasteiger partial charge in [-0.25, -0.2) is 0 Å². The lowest BCUT2D eigenvalue weighted by molar-refractivity contribution is -0.117. The lowest BCUT2D eigenvalue weighted by Gasteiger charge is -2.36. The van der Waals surface area contributed by atoms with Gasteiger partial charge in [-0.2, -0.15) is 0 Å². The minimum absolute atomic E-state index is 0.0715. The van der Waals surface area contributed by atoms with Crippen LogP contribution in [-0.4, -0.2) is 38.8 Å². The number of amides is 1. The summed E-state index contributed by atoms with van der Waals surface area (Å²) in [6.45, 7) is 14.5. The molecule has 0 atom stereocenters. The van der Waals surface area contributed by atoms with Crippen molar-refractivity contribution in [3.05, 3.63) is 29.8 Å². The Morgan fingerprint density at radius 3 is 2.29 bits per heavy atom. The fraction of sp³-hybridized carbons (Fsp3) is 0.632. The largest absolute Gasteiger partial charge is 0.413 e. The number of carbonyl (C=O) groups excluding carboxylic acids is 1. The lowest BCUT2D eigenvalue weighted by atomic mass is 10.2. The number of hydrogen-bond acceptors (Lipinski definition) is 3. The zero-order chi connectivity index (χ0) is 17.8. The summed E-state index contributed by atoms with van der Waals surface area (Å²) in [6, 6.07) is 8.01. The molecule has 1 fully saturated rings. The molecule has 5 heteroatoms. The molecule has 1 aliphatic heterocycles. The van der Waals surface area contributed by atoms with E-state index in [2.05, 4.69) is 44.1 Å². The number of benzene rings is 1. The number of likely N-dealkylation sites (tertiary alicyclic amines) is 1. The standard InChI is InChI=1S/C19H32N2O2Si/c1-19(2,3)24(4,5)23-15-16-8-10-17(11-9-16)20-18(22)14-21-12-6-7-13-21/h8-11H,6-7,12-15H2,1-5H3,(H,20,22). The van der Waals surface area contributed by atoms with Gasteiger partial charge in [0.2, 0.25) is 5.91 Å². The maximum atomic E-state index is 12.0. The maximum Gasteiger partial charge on any atom is 0.238 e. The second-order valence-corrected chi connectivity index (χ2v) is 13.1. The van der Waals surface area contributed by atoms with Crippen molar-refractivity contribution in [1.29, 1.82) is 0 Å². The molecule has 0 saturated carbocycles. The second-order valence-electron chi connectivity index (χ2n) is 8.28. The molecule has 0 aromatic heterocycles. The summed E-state index contributed by atoms with van der Waals surface area (Å²) in [6.07, 6.45) is 2.41. The van der Waals surface area contributed by atoms with Crippen LogP contribution in [0.3, 0.4) is 0 Å². The molecule has 0 aliphatic carbocycles. The van der Waals surface area contributed by atoms with Crippen molar-refractivity contribution < 1.29 is 9.22 Å². The molecule has 0 unspecified atom stereocenters. The normalized spacial score (nSPS) is 16.4. The number of nitrogens with one attached hydrogen (secondary N) is 1. The first-order valence-electron chi connectivity index (χ1n) is 8.92. The summed E-state index contributed by atoms with van der Waals surface area (Å²) >= 11 is 0. The number of nitrogens with zero attached hydrogens (tertiary/aromatic N) is 1. The van der Waals surface area contributed by atoms with Crippen LogP contribution in [0.15, 0.2) is 24.3 Å². The fourth-order valence-corrected chi connectivity index (χ4v) is 3.47. The Morgan fingerprint density at radius 2 is 1.75 bits per heavy atom. The Hall–Kier alpha value is -1.17. The van der Waals surface area contributed by atoms with Crippen molar-refractivity contribution in [3.8, 4) is 0 Å². The van der Waals surface area contributed by atoms with E-state index in [0.29, 0.717) is 13.2 Å². The fourth-order valence-electron chi connectivity index (χ4n) is 2.51. The third-order valence-corrected chi connectivity index (χ3v) is 9.69. The molecule has 134 valence electrons. The van der Waals surface area contributed by atoms with Crippen LogP contribution >= 0.6 is 0 Å². The smallest absolute Gasteiger partial charge is 0.238 e. The summed E-state index contributed by atoms with van der Waals surface area (Å²) in [5.74, 6) is 0.0715. The van der Waals surface area contributed by atoms with Crippen molar-refractivity contribution in [1.82, 2.24) is 4.90 Å². The number of anilines is 1. The van der Waals surface area contributed by atoms with Gasteiger partial charge in [0.05, 0.1) is 13.2 Å². The molecule has 0 radical (unpaired) electrons. The lowest BCUT2D eigenvalue weighted by Crippen LogP contribution is -2.40. The van der Waals surface area contributed by atoms with Crippen LogP contribution in [0.4, 0.5) is 5.69 Å². The summed E-state index contributed by atoms with van der Waals surface area (Å²) in [5, 5.41) is 3.20. The Kier molecular flexibility index (Phi) is 6.23. The zero-order valence-electron chi connectivity index (χ0n) is 15.8. The molecule has 1 N–H and O–H groups in total. The van der Waals surface area contributed by atoms with Gasteiger partial charge in [-0.05, 0) is 61.8 Å². The highest BCUT2D eigenvalue weighted by atomic mass is 28.4. The van der Waals surface area contributed by atoms with Crippen molar-refractivity contribution in [2.45, 2.75) is 58.4 Å².